The highest BCUT2D eigenvalue weighted by Crippen LogP contribution is 2.35. The molecule has 0 unspecified atom stereocenters. The smallest absolute Gasteiger partial charge is 0.237 e. The SMILES string of the molecule is CC(C)(C#N)c1csc(-c2ccnc3c2C=[C+]3)n1. The van der Waals surface area contributed by atoms with E-state index in [1.165, 1.54) is 0 Å². The van der Waals surface area contributed by atoms with Crippen molar-refractivity contribution >= 4 is 17.4 Å². The maximum absolute atomic E-state index is 9.13. The van der Waals surface area contributed by atoms with Crippen LogP contribution in [-0.2, 0) is 5.41 Å². The van der Waals surface area contributed by atoms with Crippen LogP contribution in [0.3, 0.4) is 0 Å². The number of thiazole rings is 1. The Morgan fingerprint density at radius 1 is 1.44 bits per heavy atom. The molecule has 86 valence electrons. The Bertz CT molecular complexity index is 689. The standard InChI is InChI=1S/C14H10N3S/c1-14(2,8-15)12-7-18-13(17-12)10-5-6-16-11-4-3-9(10)11/h3,5-7H,1-2H3/q+1. The molecule has 0 atom stereocenters. The summed E-state index contributed by atoms with van der Waals surface area (Å²) >= 11 is 1.56. The van der Waals surface area contributed by atoms with Crippen LogP contribution in [0.2, 0.25) is 0 Å². The Balaban J connectivity index is 2.06. The van der Waals surface area contributed by atoms with Gasteiger partial charge in [-0.25, -0.2) is 9.97 Å². The summed E-state index contributed by atoms with van der Waals surface area (Å²) in [5.74, 6) is 0. The Kier molecular flexibility index (Phi) is 2.27. The number of hydrogen-bond acceptors (Lipinski definition) is 4. The maximum atomic E-state index is 9.13. The van der Waals surface area contributed by atoms with Gasteiger partial charge in [-0.3, -0.25) is 0 Å². The molecule has 0 aliphatic heterocycles. The van der Waals surface area contributed by atoms with Crippen LogP contribution in [-0.4, -0.2) is 9.97 Å². The van der Waals surface area contributed by atoms with Gasteiger partial charge in [0.25, 0.3) is 0 Å². The largest absolute Gasteiger partial charge is 0.238 e. The zero-order valence-electron chi connectivity index (χ0n) is 10.1. The summed E-state index contributed by atoms with van der Waals surface area (Å²) in [6, 6.07) is 4.23. The molecule has 0 radical (unpaired) electrons. The number of hydrogen-bond donors (Lipinski definition) is 0. The Labute approximate surface area is 109 Å². The van der Waals surface area contributed by atoms with E-state index in [0.29, 0.717) is 0 Å². The summed E-state index contributed by atoms with van der Waals surface area (Å²) in [5, 5.41) is 12.0. The first kappa shape index (κ1) is 11.0. The topological polar surface area (TPSA) is 49.6 Å². The monoisotopic (exact) mass is 252 g/mol. The van der Waals surface area contributed by atoms with E-state index >= 15 is 0 Å². The quantitative estimate of drug-likeness (QED) is 0.658. The van der Waals surface area contributed by atoms with Crippen LogP contribution in [0.15, 0.2) is 17.6 Å². The number of pyridine rings is 1. The molecule has 3 rings (SSSR count). The minimum absolute atomic E-state index is 0.545. The molecular formula is C14H10N3S+. The molecule has 1 aliphatic carbocycles. The van der Waals surface area contributed by atoms with Gasteiger partial charge in [0.15, 0.2) is 0 Å². The fourth-order valence-corrected chi connectivity index (χ4v) is 2.75. The highest BCUT2D eigenvalue weighted by Gasteiger charge is 2.27. The molecule has 0 saturated carbocycles. The molecule has 0 fully saturated rings. The van der Waals surface area contributed by atoms with Gasteiger partial charge in [-0.1, -0.05) is 0 Å². The summed E-state index contributed by atoms with van der Waals surface area (Å²) in [6.45, 7) is 3.76. The van der Waals surface area contributed by atoms with Crippen LogP contribution in [0, 0.1) is 17.4 Å². The van der Waals surface area contributed by atoms with E-state index in [1.54, 1.807) is 17.5 Å². The van der Waals surface area contributed by atoms with E-state index < -0.39 is 5.41 Å². The molecule has 3 nitrogen and oxygen atoms in total. The first-order chi connectivity index (χ1) is 8.62. The van der Waals surface area contributed by atoms with Gasteiger partial charge in [-0.05, 0) is 19.9 Å². The molecule has 0 saturated heterocycles. The second kappa shape index (κ2) is 3.71. The van der Waals surface area contributed by atoms with Crippen molar-refractivity contribution in [2.24, 2.45) is 0 Å². The summed E-state index contributed by atoms with van der Waals surface area (Å²) in [7, 11) is 0. The van der Waals surface area contributed by atoms with Gasteiger partial charge in [0.1, 0.15) is 16.6 Å². The molecule has 0 spiro atoms. The van der Waals surface area contributed by atoms with E-state index in [4.69, 9.17) is 5.26 Å². The molecule has 4 heteroatoms. The molecule has 1 aliphatic rings. The second-order valence-corrected chi connectivity index (χ2v) is 5.54. The predicted octanol–water partition coefficient (Wildman–Crippen LogP) is 3.18. The zero-order chi connectivity index (χ0) is 12.8. The minimum Gasteiger partial charge on any atom is -0.238 e. The van der Waals surface area contributed by atoms with Crippen molar-refractivity contribution in [3.05, 3.63) is 40.7 Å². The van der Waals surface area contributed by atoms with Crippen LogP contribution in [0.1, 0.15) is 30.8 Å². The summed E-state index contributed by atoms with van der Waals surface area (Å²) in [4.78, 5) is 8.78. The lowest BCUT2D eigenvalue weighted by atomic mass is 9.92. The molecule has 2 heterocycles. The van der Waals surface area contributed by atoms with E-state index in [-0.39, 0.29) is 0 Å². The van der Waals surface area contributed by atoms with Gasteiger partial charge in [-0.2, -0.15) is 5.26 Å². The van der Waals surface area contributed by atoms with E-state index in [1.807, 2.05) is 31.4 Å². The van der Waals surface area contributed by atoms with Gasteiger partial charge in [0.2, 0.25) is 5.69 Å². The van der Waals surface area contributed by atoms with Crippen molar-refractivity contribution in [1.82, 2.24) is 9.97 Å². The molecule has 0 N–H and O–H groups in total. The summed E-state index contributed by atoms with van der Waals surface area (Å²) in [5.41, 5.74) is 3.33. The molecule has 0 aromatic carbocycles. The van der Waals surface area contributed by atoms with Gasteiger partial charge < -0.3 is 0 Å². The van der Waals surface area contributed by atoms with Crippen molar-refractivity contribution in [2.45, 2.75) is 19.3 Å². The molecular weight excluding hydrogens is 242 g/mol. The fourth-order valence-electron chi connectivity index (χ4n) is 1.73. The van der Waals surface area contributed by atoms with E-state index in [0.717, 1.165) is 27.5 Å². The third kappa shape index (κ3) is 1.53. The summed E-state index contributed by atoms with van der Waals surface area (Å²) in [6.07, 6.45) is 6.73. The van der Waals surface area contributed by atoms with E-state index in [2.05, 4.69) is 22.1 Å². The van der Waals surface area contributed by atoms with Gasteiger partial charge in [0.05, 0.1) is 28.8 Å². The fraction of sp³-hybridized carbons (Fsp3) is 0.214. The number of fused-ring (bicyclic) bond motifs is 1. The molecule has 0 bridgehead atoms. The van der Waals surface area contributed by atoms with Gasteiger partial charge in [-0.15, -0.1) is 11.3 Å². The Hall–Kier alpha value is -2.08. The molecule has 0 amide bonds. The van der Waals surface area contributed by atoms with Crippen LogP contribution in [0.5, 0.6) is 0 Å². The lowest BCUT2D eigenvalue weighted by Gasteiger charge is -2.10. The van der Waals surface area contributed by atoms with Crippen molar-refractivity contribution in [2.75, 3.05) is 0 Å². The molecule has 18 heavy (non-hydrogen) atoms. The van der Waals surface area contributed by atoms with Crippen molar-refractivity contribution in [3.8, 4) is 16.6 Å². The highest BCUT2D eigenvalue weighted by atomic mass is 32.1. The zero-order valence-corrected chi connectivity index (χ0v) is 10.9. The second-order valence-electron chi connectivity index (χ2n) is 4.68. The van der Waals surface area contributed by atoms with Gasteiger partial charge in [0, 0.05) is 11.6 Å². The van der Waals surface area contributed by atoms with Crippen LogP contribution >= 0.6 is 11.3 Å². The third-order valence-electron chi connectivity index (χ3n) is 3.00. The molecule has 2 aromatic rings. The minimum atomic E-state index is -0.545. The number of nitriles is 1. The normalized spacial score (nSPS) is 12.3. The lowest BCUT2D eigenvalue weighted by Crippen LogP contribution is -2.14. The van der Waals surface area contributed by atoms with E-state index in [9.17, 15) is 0 Å². The maximum Gasteiger partial charge on any atom is 0.237 e. The highest BCUT2D eigenvalue weighted by molar-refractivity contribution is 7.13. The molecule has 2 aromatic heterocycles. The van der Waals surface area contributed by atoms with Crippen molar-refractivity contribution < 1.29 is 0 Å². The predicted molar refractivity (Wildman–Crippen MR) is 70.8 cm³/mol. The third-order valence-corrected chi connectivity index (χ3v) is 3.87. The Morgan fingerprint density at radius 2 is 2.28 bits per heavy atom. The van der Waals surface area contributed by atoms with Crippen LogP contribution < -0.4 is 0 Å². The number of aromatic nitrogens is 2. The van der Waals surface area contributed by atoms with Crippen molar-refractivity contribution in [1.29, 1.82) is 5.26 Å². The average Bonchev–Trinajstić information content (AvgIpc) is 2.80. The average molecular weight is 252 g/mol. The van der Waals surface area contributed by atoms with Crippen LogP contribution in [0.25, 0.3) is 16.6 Å². The number of rotatable bonds is 2. The Morgan fingerprint density at radius 3 is 2.94 bits per heavy atom. The first-order valence-corrected chi connectivity index (χ1v) is 6.46. The van der Waals surface area contributed by atoms with Gasteiger partial charge >= 0.3 is 0 Å². The number of nitrogens with zero attached hydrogens (tertiary/aromatic N) is 3. The lowest BCUT2D eigenvalue weighted by molar-refractivity contribution is 0.666. The summed E-state index contributed by atoms with van der Waals surface area (Å²) < 4.78 is 0. The first-order valence-electron chi connectivity index (χ1n) is 5.58. The van der Waals surface area contributed by atoms with Crippen LogP contribution in [0.4, 0.5) is 0 Å². The van der Waals surface area contributed by atoms with Crippen molar-refractivity contribution in [3.63, 3.8) is 0 Å².